The normalized spacial score (nSPS) is 26.2. The Labute approximate surface area is 55.9 Å². The van der Waals surface area contributed by atoms with Crippen LogP contribution in [0.15, 0.2) is 17.8 Å². The Kier molecular flexibility index (Phi) is 1.56. The maximum atomic E-state index is 4.22. The monoisotopic (exact) mass is 124 g/mol. The van der Waals surface area contributed by atoms with Gasteiger partial charge in [-0.2, -0.15) is 5.10 Å². The molecule has 1 rings (SSSR count). The number of rotatable bonds is 1. The predicted octanol–water partition coefficient (Wildman–Crippen LogP) is 1.25. The summed E-state index contributed by atoms with van der Waals surface area (Å²) in [5.41, 5.74) is 1.20. The first-order chi connectivity index (χ1) is 4.24. The molecule has 2 nitrogen and oxygen atoms in total. The maximum absolute atomic E-state index is 4.22. The lowest BCUT2D eigenvalue weighted by molar-refractivity contribution is 0.330. The van der Waals surface area contributed by atoms with Crippen molar-refractivity contribution in [2.75, 3.05) is 7.05 Å². The lowest BCUT2D eigenvalue weighted by Gasteiger charge is -2.12. The lowest BCUT2D eigenvalue weighted by Crippen LogP contribution is -2.18. The molecular formula is C7H12N2. The Hall–Kier alpha value is -0.790. The first-order valence-electron chi connectivity index (χ1n) is 3.13. The Morgan fingerprint density at radius 2 is 2.56 bits per heavy atom. The molecule has 1 aliphatic rings. The molecule has 0 fully saturated rings. The van der Waals surface area contributed by atoms with Gasteiger partial charge in [-0.25, -0.2) is 0 Å². The fraction of sp³-hybridized carbons (Fsp3) is 0.571. The second-order valence-corrected chi connectivity index (χ2v) is 2.42. The van der Waals surface area contributed by atoms with E-state index in [1.54, 1.807) is 0 Å². The van der Waals surface area contributed by atoms with Gasteiger partial charge in [0, 0.05) is 19.2 Å². The summed E-state index contributed by atoms with van der Waals surface area (Å²) in [5, 5.41) is 6.17. The number of likely N-dealkylation sites (N-methyl/N-ethyl adjacent to an activating group) is 1. The summed E-state index contributed by atoms with van der Waals surface area (Å²) in [6, 6.07) is 0.435. The van der Waals surface area contributed by atoms with Crippen LogP contribution in [0.25, 0.3) is 0 Å². The first kappa shape index (κ1) is 6.33. The highest BCUT2D eigenvalue weighted by Crippen LogP contribution is 2.12. The quantitative estimate of drug-likeness (QED) is 0.480. The van der Waals surface area contributed by atoms with Crippen molar-refractivity contribution >= 4 is 5.71 Å². The second kappa shape index (κ2) is 2.21. The standard InChI is InChI=1S/C7H12N2/c1-4-7-5-6(2)8-9(7)3/h4,7H,1,5H2,2-3H3. The third kappa shape index (κ3) is 1.12. The average molecular weight is 124 g/mol. The van der Waals surface area contributed by atoms with Gasteiger partial charge < -0.3 is 0 Å². The molecule has 1 heterocycles. The van der Waals surface area contributed by atoms with Crippen LogP contribution in [0, 0.1) is 0 Å². The Morgan fingerprint density at radius 3 is 2.78 bits per heavy atom. The van der Waals surface area contributed by atoms with Gasteiger partial charge in [-0.3, -0.25) is 5.01 Å². The molecule has 0 bridgehead atoms. The molecule has 0 aromatic rings. The van der Waals surface area contributed by atoms with E-state index >= 15 is 0 Å². The van der Waals surface area contributed by atoms with Gasteiger partial charge in [0.2, 0.25) is 0 Å². The van der Waals surface area contributed by atoms with Crippen molar-refractivity contribution in [2.45, 2.75) is 19.4 Å². The van der Waals surface area contributed by atoms with Gasteiger partial charge in [0.15, 0.2) is 0 Å². The molecule has 50 valence electrons. The van der Waals surface area contributed by atoms with Crippen LogP contribution in [0.1, 0.15) is 13.3 Å². The molecule has 1 atom stereocenters. The molecule has 0 N–H and O–H groups in total. The summed E-state index contributed by atoms with van der Waals surface area (Å²) in [7, 11) is 1.98. The second-order valence-electron chi connectivity index (χ2n) is 2.42. The maximum Gasteiger partial charge on any atom is 0.0697 e. The molecule has 9 heavy (non-hydrogen) atoms. The van der Waals surface area contributed by atoms with Crippen LogP contribution in [0.3, 0.4) is 0 Å². The minimum absolute atomic E-state index is 0.435. The zero-order chi connectivity index (χ0) is 6.85. The van der Waals surface area contributed by atoms with Gasteiger partial charge in [-0.15, -0.1) is 6.58 Å². The Morgan fingerprint density at radius 1 is 1.89 bits per heavy atom. The smallest absolute Gasteiger partial charge is 0.0697 e. The summed E-state index contributed by atoms with van der Waals surface area (Å²) in [4.78, 5) is 0. The van der Waals surface area contributed by atoms with Crippen LogP contribution in [0.4, 0.5) is 0 Å². The molecule has 0 radical (unpaired) electrons. The molecular weight excluding hydrogens is 112 g/mol. The molecule has 0 amide bonds. The van der Waals surface area contributed by atoms with E-state index in [4.69, 9.17) is 0 Å². The lowest BCUT2D eigenvalue weighted by atomic mass is 10.2. The van der Waals surface area contributed by atoms with E-state index in [0.717, 1.165) is 6.42 Å². The fourth-order valence-electron chi connectivity index (χ4n) is 1.05. The van der Waals surface area contributed by atoms with Gasteiger partial charge >= 0.3 is 0 Å². The number of nitrogens with zero attached hydrogens (tertiary/aromatic N) is 2. The van der Waals surface area contributed by atoms with Gasteiger partial charge in [0.1, 0.15) is 0 Å². The van der Waals surface area contributed by atoms with Gasteiger partial charge in [0.25, 0.3) is 0 Å². The van der Waals surface area contributed by atoms with Crippen LogP contribution in [0.5, 0.6) is 0 Å². The fourth-order valence-corrected chi connectivity index (χ4v) is 1.05. The highest BCUT2D eigenvalue weighted by molar-refractivity contribution is 5.83. The molecule has 0 aromatic carbocycles. The van der Waals surface area contributed by atoms with Crippen LogP contribution in [0.2, 0.25) is 0 Å². The molecule has 1 unspecified atom stereocenters. The number of hydrogen-bond acceptors (Lipinski definition) is 2. The molecule has 2 heteroatoms. The molecule has 0 aromatic heterocycles. The van der Waals surface area contributed by atoms with Crippen molar-refractivity contribution in [3.8, 4) is 0 Å². The van der Waals surface area contributed by atoms with E-state index in [1.165, 1.54) is 5.71 Å². The van der Waals surface area contributed by atoms with Crippen LogP contribution >= 0.6 is 0 Å². The van der Waals surface area contributed by atoms with Crippen molar-refractivity contribution < 1.29 is 0 Å². The van der Waals surface area contributed by atoms with Crippen molar-refractivity contribution in [1.82, 2.24) is 5.01 Å². The highest BCUT2D eigenvalue weighted by Gasteiger charge is 2.16. The van der Waals surface area contributed by atoms with E-state index in [2.05, 4.69) is 11.7 Å². The largest absolute Gasteiger partial charge is 0.293 e. The first-order valence-corrected chi connectivity index (χ1v) is 3.13. The summed E-state index contributed by atoms with van der Waals surface area (Å²) >= 11 is 0. The van der Waals surface area contributed by atoms with Crippen molar-refractivity contribution in [3.05, 3.63) is 12.7 Å². The van der Waals surface area contributed by atoms with Crippen LogP contribution in [-0.4, -0.2) is 23.8 Å². The topological polar surface area (TPSA) is 15.6 Å². The summed E-state index contributed by atoms with van der Waals surface area (Å²) < 4.78 is 0. The van der Waals surface area contributed by atoms with Crippen LogP contribution in [-0.2, 0) is 0 Å². The Bertz CT molecular complexity index is 149. The van der Waals surface area contributed by atoms with Crippen molar-refractivity contribution in [1.29, 1.82) is 0 Å². The van der Waals surface area contributed by atoms with E-state index in [-0.39, 0.29) is 0 Å². The van der Waals surface area contributed by atoms with Crippen LogP contribution < -0.4 is 0 Å². The van der Waals surface area contributed by atoms with Crippen molar-refractivity contribution in [3.63, 3.8) is 0 Å². The van der Waals surface area contributed by atoms with E-state index in [1.807, 2.05) is 25.1 Å². The predicted molar refractivity (Wildman–Crippen MR) is 39.5 cm³/mol. The number of hydrazone groups is 1. The molecule has 0 aliphatic carbocycles. The van der Waals surface area contributed by atoms with Gasteiger partial charge in [-0.1, -0.05) is 6.08 Å². The molecule has 0 saturated carbocycles. The third-order valence-corrected chi connectivity index (χ3v) is 1.59. The zero-order valence-electron chi connectivity index (χ0n) is 5.96. The molecule has 1 aliphatic heterocycles. The zero-order valence-corrected chi connectivity index (χ0v) is 5.96. The van der Waals surface area contributed by atoms with Gasteiger partial charge in [0.05, 0.1) is 6.04 Å². The van der Waals surface area contributed by atoms with E-state index < -0.39 is 0 Å². The number of hydrogen-bond donors (Lipinski definition) is 0. The highest BCUT2D eigenvalue weighted by atomic mass is 15.5. The van der Waals surface area contributed by atoms with E-state index in [0.29, 0.717) is 6.04 Å². The van der Waals surface area contributed by atoms with Crippen molar-refractivity contribution in [2.24, 2.45) is 5.10 Å². The summed E-state index contributed by atoms with van der Waals surface area (Å²) in [5.74, 6) is 0. The SMILES string of the molecule is C=CC1CC(C)=NN1C. The minimum atomic E-state index is 0.435. The minimum Gasteiger partial charge on any atom is -0.293 e. The molecule has 0 saturated heterocycles. The van der Waals surface area contributed by atoms with E-state index in [9.17, 15) is 0 Å². The summed E-state index contributed by atoms with van der Waals surface area (Å²) in [6.45, 7) is 5.75. The average Bonchev–Trinajstić information content (AvgIpc) is 2.10. The third-order valence-electron chi connectivity index (χ3n) is 1.59. The van der Waals surface area contributed by atoms with Gasteiger partial charge in [-0.05, 0) is 6.92 Å². The Balaban J connectivity index is 2.59. The molecule has 0 spiro atoms. The summed E-state index contributed by atoms with van der Waals surface area (Å²) in [6.07, 6.45) is 2.97.